The summed E-state index contributed by atoms with van der Waals surface area (Å²) in [6.07, 6.45) is -4.61. The van der Waals surface area contributed by atoms with E-state index in [1.807, 2.05) is 0 Å². The van der Waals surface area contributed by atoms with Crippen LogP contribution in [0.15, 0.2) is 12.1 Å². The standard InChI is InChI=1S/C12H16F3N3O2/c1-11(2,6-19)5-17-10-7(9(16)20)3-4-8(18-10)12(13,14)15/h3-4,19H,5-6H2,1-2H3,(H2,16,20)(H,17,18). The summed E-state index contributed by atoms with van der Waals surface area (Å²) >= 11 is 0. The van der Waals surface area contributed by atoms with Crippen LogP contribution in [0.3, 0.4) is 0 Å². The van der Waals surface area contributed by atoms with E-state index in [9.17, 15) is 18.0 Å². The fourth-order valence-electron chi connectivity index (χ4n) is 1.33. The summed E-state index contributed by atoms with van der Waals surface area (Å²) in [6.45, 7) is 3.37. The number of pyridine rings is 1. The average Bonchev–Trinajstić information content (AvgIpc) is 2.35. The van der Waals surface area contributed by atoms with Crippen molar-refractivity contribution < 1.29 is 23.1 Å². The van der Waals surface area contributed by atoms with Gasteiger partial charge in [0.1, 0.15) is 11.5 Å². The molecule has 20 heavy (non-hydrogen) atoms. The van der Waals surface area contributed by atoms with Gasteiger partial charge in [-0.05, 0) is 12.1 Å². The number of aromatic nitrogens is 1. The van der Waals surface area contributed by atoms with Gasteiger partial charge in [-0.3, -0.25) is 4.79 Å². The summed E-state index contributed by atoms with van der Waals surface area (Å²) in [7, 11) is 0. The Morgan fingerprint density at radius 3 is 2.45 bits per heavy atom. The molecule has 5 nitrogen and oxygen atoms in total. The highest BCUT2D eigenvalue weighted by Crippen LogP contribution is 2.29. The van der Waals surface area contributed by atoms with E-state index in [4.69, 9.17) is 10.8 Å². The normalized spacial score (nSPS) is 12.3. The minimum Gasteiger partial charge on any atom is -0.396 e. The molecule has 0 aliphatic heterocycles. The second kappa shape index (κ2) is 5.66. The van der Waals surface area contributed by atoms with Gasteiger partial charge in [0.25, 0.3) is 5.91 Å². The van der Waals surface area contributed by atoms with E-state index < -0.39 is 23.2 Å². The predicted molar refractivity (Wildman–Crippen MR) is 67.1 cm³/mol. The topological polar surface area (TPSA) is 88.2 Å². The van der Waals surface area contributed by atoms with E-state index in [0.29, 0.717) is 6.07 Å². The fourth-order valence-corrected chi connectivity index (χ4v) is 1.33. The molecule has 0 aliphatic rings. The molecule has 112 valence electrons. The summed E-state index contributed by atoms with van der Waals surface area (Å²) in [5.74, 6) is -1.12. The van der Waals surface area contributed by atoms with Crippen molar-refractivity contribution in [3.63, 3.8) is 0 Å². The van der Waals surface area contributed by atoms with Crippen LogP contribution in [0.5, 0.6) is 0 Å². The average molecular weight is 291 g/mol. The molecule has 0 saturated carbocycles. The van der Waals surface area contributed by atoms with Crippen LogP contribution in [-0.4, -0.2) is 29.1 Å². The van der Waals surface area contributed by atoms with Crippen molar-refractivity contribution >= 4 is 11.7 Å². The maximum Gasteiger partial charge on any atom is 0.433 e. The number of aliphatic hydroxyl groups is 1. The van der Waals surface area contributed by atoms with Crippen molar-refractivity contribution in [1.82, 2.24) is 4.98 Å². The van der Waals surface area contributed by atoms with Gasteiger partial charge in [0, 0.05) is 18.6 Å². The Hall–Kier alpha value is -1.83. The Morgan fingerprint density at radius 1 is 1.40 bits per heavy atom. The van der Waals surface area contributed by atoms with Crippen LogP contribution in [0.1, 0.15) is 29.9 Å². The quantitative estimate of drug-likeness (QED) is 0.769. The number of nitrogens with one attached hydrogen (secondary N) is 1. The Kier molecular flexibility index (Phi) is 4.59. The molecule has 0 fully saturated rings. The largest absolute Gasteiger partial charge is 0.433 e. The number of nitrogens with two attached hydrogens (primary N) is 1. The van der Waals surface area contributed by atoms with Gasteiger partial charge in [-0.15, -0.1) is 0 Å². The Balaban J connectivity index is 3.10. The molecule has 0 aliphatic carbocycles. The number of rotatable bonds is 5. The molecule has 0 unspecified atom stereocenters. The number of carbonyl (C=O) groups excluding carboxylic acids is 1. The first-order chi connectivity index (χ1) is 9.07. The molecule has 0 bridgehead atoms. The molecule has 0 spiro atoms. The third kappa shape index (κ3) is 4.09. The van der Waals surface area contributed by atoms with Crippen LogP contribution in [0.2, 0.25) is 0 Å². The number of halogens is 3. The smallest absolute Gasteiger partial charge is 0.396 e. The number of hydrogen-bond acceptors (Lipinski definition) is 4. The second-order valence-electron chi connectivity index (χ2n) is 5.13. The van der Waals surface area contributed by atoms with Gasteiger partial charge in [0.15, 0.2) is 0 Å². The maximum atomic E-state index is 12.6. The molecular formula is C12H16F3N3O2. The number of aliphatic hydroxyl groups excluding tert-OH is 1. The van der Waals surface area contributed by atoms with E-state index in [0.717, 1.165) is 6.07 Å². The lowest BCUT2D eigenvalue weighted by Gasteiger charge is -2.23. The minimum atomic E-state index is -4.61. The van der Waals surface area contributed by atoms with Crippen LogP contribution in [0, 0.1) is 5.41 Å². The molecule has 4 N–H and O–H groups in total. The zero-order chi connectivity index (χ0) is 15.6. The first-order valence-electron chi connectivity index (χ1n) is 5.79. The monoisotopic (exact) mass is 291 g/mol. The summed E-state index contributed by atoms with van der Waals surface area (Å²) in [4.78, 5) is 14.6. The van der Waals surface area contributed by atoms with Gasteiger partial charge < -0.3 is 16.2 Å². The molecule has 1 amide bonds. The molecule has 0 aromatic carbocycles. The third-order valence-electron chi connectivity index (χ3n) is 2.61. The fraction of sp³-hybridized carbons (Fsp3) is 0.500. The molecule has 0 saturated heterocycles. The number of nitrogens with zero attached hydrogens (tertiary/aromatic N) is 1. The molecular weight excluding hydrogens is 275 g/mol. The number of primary amides is 1. The lowest BCUT2D eigenvalue weighted by molar-refractivity contribution is -0.141. The molecule has 1 heterocycles. The maximum absolute atomic E-state index is 12.6. The van der Waals surface area contributed by atoms with Crippen LogP contribution < -0.4 is 11.1 Å². The van der Waals surface area contributed by atoms with Crippen LogP contribution >= 0.6 is 0 Å². The van der Waals surface area contributed by atoms with E-state index >= 15 is 0 Å². The van der Waals surface area contributed by atoms with Gasteiger partial charge in [-0.25, -0.2) is 4.98 Å². The van der Waals surface area contributed by atoms with Crippen LogP contribution in [0.4, 0.5) is 19.0 Å². The lowest BCUT2D eigenvalue weighted by atomic mass is 9.95. The molecule has 1 rings (SSSR count). The number of hydrogen-bond donors (Lipinski definition) is 3. The van der Waals surface area contributed by atoms with E-state index in [1.54, 1.807) is 13.8 Å². The zero-order valence-corrected chi connectivity index (χ0v) is 11.1. The van der Waals surface area contributed by atoms with Gasteiger partial charge in [0.2, 0.25) is 0 Å². The van der Waals surface area contributed by atoms with Crippen molar-refractivity contribution in [3.05, 3.63) is 23.4 Å². The minimum absolute atomic E-state index is 0.133. The number of alkyl halides is 3. The number of amides is 1. The molecule has 1 aromatic rings. The molecule has 1 aromatic heterocycles. The van der Waals surface area contributed by atoms with Crippen molar-refractivity contribution in [2.75, 3.05) is 18.5 Å². The SMILES string of the molecule is CC(C)(CO)CNc1nc(C(F)(F)F)ccc1C(N)=O. The van der Waals surface area contributed by atoms with E-state index in [-0.39, 0.29) is 24.5 Å². The zero-order valence-electron chi connectivity index (χ0n) is 11.1. The van der Waals surface area contributed by atoms with Gasteiger partial charge in [-0.2, -0.15) is 13.2 Å². The number of anilines is 1. The third-order valence-corrected chi connectivity index (χ3v) is 2.61. The lowest BCUT2D eigenvalue weighted by Crippen LogP contribution is -2.28. The first kappa shape index (κ1) is 16.2. The summed E-state index contributed by atoms with van der Waals surface area (Å²) in [6, 6.07) is 1.68. The Morgan fingerprint density at radius 2 is 2.00 bits per heavy atom. The highest BCUT2D eigenvalue weighted by atomic mass is 19.4. The number of carbonyl (C=O) groups is 1. The Labute approximate surface area is 114 Å². The van der Waals surface area contributed by atoms with Crippen molar-refractivity contribution in [3.8, 4) is 0 Å². The molecule has 0 atom stereocenters. The Bertz CT molecular complexity index is 501. The summed E-state index contributed by atoms with van der Waals surface area (Å²) in [5.41, 5.74) is 3.27. The summed E-state index contributed by atoms with van der Waals surface area (Å²) < 4.78 is 37.8. The highest BCUT2D eigenvalue weighted by molar-refractivity contribution is 5.97. The highest BCUT2D eigenvalue weighted by Gasteiger charge is 2.33. The van der Waals surface area contributed by atoms with Crippen molar-refractivity contribution in [2.45, 2.75) is 20.0 Å². The predicted octanol–water partition coefficient (Wildman–Crippen LogP) is 1.63. The first-order valence-corrected chi connectivity index (χ1v) is 5.79. The van der Waals surface area contributed by atoms with Gasteiger partial charge in [-0.1, -0.05) is 13.8 Å². The van der Waals surface area contributed by atoms with Gasteiger partial charge in [0.05, 0.1) is 5.56 Å². The van der Waals surface area contributed by atoms with Crippen molar-refractivity contribution in [1.29, 1.82) is 0 Å². The van der Waals surface area contributed by atoms with Crippen LogP contribution in [0.25, 0.3) is 0 Å². The summed E-state index contributed by atoms with van der Waals surface area (Å²) in [5, 5.41) is 11.7. The second-order valence-corrected chi connectivity index (χ2v) is 5.13. The van der Waals surface area contributed by atoms with E-state index in [2.05, 4.69) is 10.3 Å². The van der Waals surface area contributed by atoms with Gasteiger partial charge >= 0.3 is 6.18 Å². The van der Waals surface area contributed by atoms with Crippen LogP contribution in [-0.2, 0) is 6.18 Å². The molecule has 8 heteroatoms. The molecule has 0 radical (unpaired) electrons. The van der Waals surface area contributed by atoms with Crippen molar-refractivity contribution in [2.24, 2.45) is 11.1 Å². The van der Waals surface area contributed by atoms with E-state index in [1.165, 1.54) is 0 Å².